The SMILES string of the molecule is N[C@H]1C[C@H](F)CN(Cc2ccc3c(c2)C(=O)N(C2CCC(=O)NC2=O)C3)C1. The van der Waals surface area contributed by atoms with Gasteiger partial charge in [-0.1, -0.05) is 12.1 Å². The fourth-order valence-electron chi connectivity index (χ4n) is 4.25. The van der Waals surface area contributed by atoms with Crippen LogP contribution in [-0.2, 0) is 22.7 Å². The van der Waals surface area contributed by atoms with Gasteiger partial charge in [0.25, 0.3) is 5.91 Å². The van der Waals surface area contributed by atoms with Crippen LogP contribution in [0.25, 0.3) is 0 Å². The molecule has 1 unspecified atom stereocenters. The summed E-state index contributed by atoms with van der Waals surface area (Å²) in [6.07, 6.45) is 0.0512. The van der Waals surface area contributed by atoms with E-state index >= 15 is 0 Å². The molecule has 0 saturated carbocycles. The number of nitrogens with one attached hydrogen (secondary N) is 1. The van der Waals surface area contributed by atoms with Crippen LogP contribution in [0.3, 0.4) is 0 Å². The van der Waals surface area contributed by atoms with Crippen molar-refractivity contribution < 1.29 is 18.8 Å². The first-order chi connectivity index (χ1) is 12.9. The van der Waals surface area contributed by atoms with E-state index in [0.717, 1.165) is 11.1 Å². The second-order valence-electron chi connectivity index (χ2n) is 7.68. The number of hydrogen-bond donors (Lipinski definition) is 2. The molecule has 2 fully saturated rings. The number of rotatable bonds is 3. The third kappa shape index (κ3) is 3.59. The Balaban J connectivity index is 1.48. The zero-order chi connectivity index (χ0) is 19.1. The van der Waals surface area contributed by atoms with Gasteiger partial charge in [0.2, 0.25) is 11.8 Å². The summed E-state index contributed by atoms with van der Waals surface area (Å²) >= 11 is 0. The van der Waals surface area contributed by atoms with Gasteiger partial charge in [-0.25, -0.2) is 4.39 Å². The van der Waals surface area contributed by atoms with Crippen LogP contribution in [0, 0.1) is 0 Å². The Bertz CT molecular complexity index is 789. The fourth-order valence-corrected chi connectivity index (χ4v) is 4.25. The summed E-state index contributed by atoms with van der Waals surface area (Å²) in [5.41, 5.74) is 8.27. The quantitative estimate of drug-likeness (QED) is 0.743. The summed E-state index contributed by atoms with van der Waals surface area (Å²) in [7, 11) is 0. The summed E-state index contributed by atoms with van der Waals surface area (Å²) in [5, 5.41) is 2.30. The number of amides is 3. The van der Waals surface area contributed by atoms with Crippen molar-refractivity contribution in [3.05, 3.63) is 34.9 Å². The minimum absolute atomic E-state index is 0.173. The van der Waals surface area contributed by atoms with Crippen LogP contribution in [0.5, 0.6) is 0 Å². The maximum absolute atomic E-state index is 13.7. The van der Waals surface area contributed by atoms with Gasteiger partial charge in [-0.05, 0) is 30.0 Å². The lowest BCUT2D eigenvalue weighted by Crippen LogP contribution is -2.52. The molecule has 7 nitrogen and oxygen atoms in total. The number of carbonyl (C=O) groups excluding carboxylic acids is 3. The Hall–Kier alpha value is -2.32. The molecule has 0 bridgehead atoms. The van der Waals surface area contributed by atoms with Gasteiger partial charge in [-0.2, -0.15) is 0 Å². The first kappa shape index (κ1) is 18.1. The Kier molecular flexibility index (Phi) is 4.69. The molecular formula is C19H23FN4O3. The van der Waals surface area contributed by atoms with Gasteiger partial charge >= 0.3 is 0 Å². The normalized spacial score (nSPS) is 29.0. The van der Waals surface area contributed by atoms with Crippen LogP contribution in [0.1, 0.15) is 40.7 Å². The van der Waals surface area contributed by atoms with Crippen molar-refractivity contribution >= 4 is 17.7 Å². The lowest BCUT2D eigenvalue weighted by molar-refractivity contribution is -0.136. The van der Waals surface area contributed by atoms with E-state index in [1.54, 1.807) is 0 Å². The van der Waals surface area contributed by atoms with Crippen molar-refractivity contribution in [2.45, 2.75) is 50.6 Å². The van der Waals surface area contributed by atoms with Gasteiger partial charge in [0.15, 0.2) is 0 Å². The minimum Gasteiger partial charge on any atom is -0.326 e. The molecule has 3 heterocycles. The molecule has 4 rings (SSSR count). The van der Waals surface area contributed by atoms with Gasteiger partial charge in [0.05, 0.1) is 0 Å². The number of alkyl halides is 1. The highest BCUT2D eigenvalue weighted by Gasteiger charge is 2.39. The highest BCUT2D eigenvalue weighted by molar-refractivity contribution is 6.05. The van der Waals surface area contributed by atoms with Gasteiger partial charge in [0, 0.05) is 44.2 Å². The first-order valence-electron chi connectivity index (χ1n) is 9.29. The fraction of sp³-hybridized carbons (Fsp3) is 0.526. The number of piperidine rings is 2. The summed E-state index contributed by atoms with van der Waals surface area (Å²) in [6, 6.07) is 4.88. The molecule has 27 heavy (non-hydrogen) atoms. The maximum atomic E-state index is 13.7. The Morgan fingerprint density at radius 1 is 1.22 bits per heavy atom. The second-order valence-corrected chi connectivity index (χ2v) is 7.68. The molecule has 0 aromatic heterocycles. The van der Waals surface area contributed by atoms with Crippen molar-refractivity contribution in [2.24, 2.45) is 5.73 Å². The Labute approximate surface area is 156 Å². The number of halogens is 1. The van der Waals surface area contributed by atoms with Crippen molar-refractivity contribution in [3.8, 4) is 0 Å². The third-order valence-electron chi connectivity index (χ3n) is 5.51. The Morgan fingerprint density at radius 3 is 2.78 bits per heavy atom. The molecular weight excluding hydrogens is 351 g/mol. The van der Waals surface area contributed by atoms with Crippen LogP contribution in [-0.4, -0.2) is 58.9 Å². The number of imide groups is 1. The zero-order valence-corrected chi connectivity index (χ0v) is 15.0. The van der Waals surface area contributed by atoms with Crippen LogP contribution >= 0.6 is 0 Å². The third-order valence-corrected chi connectivity index (χ3v) is 5.51. The molecule has 3 N–H and O–H groups in total. The number of carbonyl (C=O) groups is 3. The number of hydrogen-bond acceptors (Lipinski definition) is 5. The van der Waals surface area contributed by atoms with Gasteiger partial charge in [-0.15, -0.1) is 0 Å². The molecule has 3 amide bonds. The molecule has 0 spiro atoms. The van der Waals surface area contributed by atoms with Crippen molar-refractivity contribution in [3.63, 3.8) is 0 Å². The van der Waals surface area contributed by atoms with E-state index in [1.807, 2.05) is 23.1 Å². The Morgan fingerprint density at radius 2 is 2.04 bits per heavy atom. The summed E-state index contributed by atoms with van der Waals surface area (Å²) in [6.45, 7) is 1.88. The molecule has 1 aromatic carbocycles. The van der Waals surface area contributed by atoms with Gasteiger partial charge in [-0.3, -0.25) is 24.6 Å². The monoisotopic (exact) mass is 374 g/mol. The number of nitrogens with two attached hydrogens (primary N) is 1. The number of nitrogens with zero attached hydrogens (tertiary/aromatic N) is 2. The lowest BCUT2D eigenvalue weighted by Gasteiger charge is -2.32. The number of fused-ring (bicyclic) bond motifs is 1. The molecule has 8 heteroatoms. The first-order valence-corrected chi connectivity index (χ1v) is 9.29. The highest BCUT2D eigenvalue weighted by atomic mass is 19.1. The van der Waals surface area contributed by atoms with Gasteiger partial charge < -0.3 is 10.6 Å². The molecule has 144 valence electrons. The van der Waals surface area contributed by atoms with Crippen LogP contribution in [0.2, 0.25) is 0 Å². The summed E-state index contributed by atoms with van der Waals surface area (Å²) in [5.74, 6) is -0.905. The minimum atomic E-state index is -0.923. The zero-order valence-electron chi connectivity index (χ0n) is 15.0. The van der Waals surface area contributed by atoms with E-state index in [4.69, 9.17) is 5.73 Å². The standard InChI is InChI=1S/C19H23FN4O3/c20-13-6-14(21)10-23(9-13)7-11-1-2-12-8-24(19(27)15(12)5-11)16-3-4-17(25)22-18(16)26/h1-2,5,13-14,16H,3-4,6-10,21H2,(H,22,25,26)/t13-,14-,16?/m0/s1. The van der Waals surface area contributed by atoms with Gasteiger partial charge in [0.1, 0.15) is 12.2 Å². The topological polar surface area (TPSA) is 95.7 Å². The van der Waals surface area contributed by atoms with Crippen LogP contribution < -0.4 is 11.1 Å². The van der Waals surface area contributed by atoms with E-state index in [2.05, 4.69) is 5.32 Å². The van der Waals surface area contributed by atoms with Crippen molar-refractivity contribution in [1.82, 2.24) is 15.1 Å². The van der Waals surface area contributed by atoms with E-state index in [-0.39, 0.29) is 24.3 Å². The second kappa shape index (κ2) is 7.01. The highest BCUT2D eigenvalue weighted by Crippen LogP contribution is 2.28. The average Bonchev–Trinajstić information content (AvgIpc) is 2.90. The molecule has 0 radical (unpaired) electrons. The van der Waals surface area contributed by atoms with E-state index in [1.165, 1.54) is 4.90 Å². The maximum Gasteiger partial charge on any atom is 0.255 e. The molecule has 2 saturated heterocycles. The number of likely N-dealkylation sites (tertiary alicyclic amines) is 1. The van der Waals surface area contributed by atoms with Crippen LogP contribution in [0.4, 0.5) is 4.39 Å². The summed E-state index contributed by atoms with van der Waals surface area (Å²) in [4.78, 5) is 39.8. The lowest BCUT2D eigenvalue weighted by atomic mass is 10.0. The number of benzene rings is 1. The predicted molar refractivity (Wildman–Crippen MR) is 95.3 cm³/mol. The smallest absolute Gasteiger partial charge is 0.255 e. The molecule has 3 aliphatic heterocycles. The largest absolute Gasteiger partial charge is 0.326 e. The summed E-state index contributed by atoms with van der Waals surface area (Å²) < 4.78 is 13.7. The van der Waals surface area contributed by atoms with Crippen molar-refractivity contribution in [1.29, 1.82) is 0 Å². The molecule has 1 aromatic rings. The van der Waals surface area contributed by atoms with E-state index in [0.29, 0.717) is 44.6 Å². The average molecular weight is 374 g/mol. The van der Waals surface area contributed by atoms with E-state index in [9.17, 15) is 18.8 Å². The van der Waals surface area contributed by atoms with Crippen molar-refractivity contribution in [2.75, 3.05) is 13.1 Å². The molecule has 3 atom stereocenters. The van der Waals surface area contributed by atoms with Crippen LogP contribution in [0.15, 0.2) is 18.2 Å². The predicted octanol–water partition coefficient (Wildman–Crippen LogP) is 0.319. The molecule has 3 aliphatic rings. The van der Waals surface area contributed by atoms with E-state index < -0.39 is 18.1 Å². The molecule has 0 aliphatic carbocycles.